The Morgan fingerprint density at radius 2 is 1.61 bits per heavy atom. The highest BCUT2D eigenvalue weighted by atomic mass is 32.2. The van der Waals surface area contributed by atoms with Gasteiger partial charge in [-0.25, -0.2) is 4.98 Å². The number of rotatable bonds is 7. The summed E-state index contributed by atoms with van der Waals surface area (Å²) in [6, 6.07) is 0. The molecular formula is C24H28N2O9S3. The number of aryl methyl sites for hydroxylation is 2. The van der Waals surface area contributed by atoms with E-state index in [1.54, 1.807) is 11.3 Å². The minimum Gasteiger partial charge on any atom is -0.463 e. The average molecular weight is 585 g/mol. The molecule has 3 heterocycles. The van der Waals surface area contributed by atoms with Crippen LogP contribution in [0.1, 0.15) is 51.0 Å². The molecule has 2 aromatic rings. The van der Waals surface area contributed by atoms with Crippen molar-refractivity contribution in [2.45, 2.75) is 88.4 Å². The highest BCUT2D eigenvalue weighted by molar-refractivity contribution is 7.99. The van der Waals surface area contributed by atoms with Gasteiger partial charge < -0.3 is 28.7 Å². The first kappa shape index (κ1) is 28.5. The fourth-order valence-corrected chi connectivity index (χ4v) is 7.44. The van der Waals surface area contributed by atoms with Crippen LogP contribution in [0.3, 0.4) is 0 Å². The summed E-state index contributed by atoms with van der Waals surface area (Å²) in [5.74, 6) is -2.62. The van der Waals surface area contributed by atoms with Crippen LogP contribution in [0.15, 0.2) is 5.16 Å². The Hall–Kier alpha value is -2.55. The van der Waals surface area contributed by atoms with E-state index in [4.69, 9.17) is 40.9 Å². The number of ether oxygens (including phenoxy) is 5. The van der Waals surface area contributed by atoms with Crippen LogP contribution in [0, 0.1) is 4.64 Å². The zero-order valence-electron chi connectivity index (χ0n) is 21.3. The molecule has 38 heavy (non-hydrogen) atoms. The van der Waals surface area contributed by atoms with Crippen molar-refractivity contribution in [2.24, 2.45) is 0 Å². The van der Waals surface area contributed by atoms with Crippen molar-refractivity contribution in [3.63, 3.8) is 0 Å². The third kappa shape index (κ3) is 6.53. The Bertz CT molecular complexity index is 1310. The van der Waals surface area contributed by atoms with Crippen LogP contribution in [0.4, 0.5) is 0 Å². The molecule has 0 spiro atoms. The van der Waals surface area contributed by atoms with E-state index >= 15 is 0 Å². The van der Waals surface area contributed by atoms with Gasteiger partial charge in [0.1, 0.15) is 22.2 Å². The zero-order valence-corrected chi connectivity index (χ0v) is 23.7. The number of fused-ring (bicyclic) bond motifs is 3. The highest BCUT2D eigenvalue weighted by Gasteiger charge is 2.52. The molecule has 5 atom stereocenters. The smallest absolute Gasteiger partial charge is 0.303 e. The van der Waals surface area contributed by atoms with Gasteiger partial charge in [0.25, 0.3) is 0 Å². The maximum absolute atomic E-state index is 12.1. The molecule has 0 aromatic carbocycles. The van der Waals surface area contributed by atoms with Crippen molar-refractivity contribution in [3.8, 4) is 0 Å². The molecule has 0 amide bonds. The van der Waals surface area contributed by atoms with Gasteiger partial charge >= 0.3 is 23.9 Å². The standard InChI is InChI=1S/C24H28N2O9S3/c1-10(27)31-9-15-18(32-11(2)28)19(33-12(3)29)20(34-13(4)30)23(35-15)38-24-25-21(36)17-14-7-5-6-8-16(14)37-22(17)26-24/h15,18-20,23H,5-9H2,1-4H3,(H,25,26,36)/t15-,18-,19+,20-,23+/m1/s1. The number of thioether (sulfide) groups is 1. The van der Waals surface area contributed by atoms with Crippen molar-refractivity contribution in [1.29, 1.82) is 0 Å². The number of carbonyl (C=O) groups excluding carboxylic acids is 4. The summed E-state index contributed by atoms with van der Waals surface area (Å²) in [5, 5.41) is 1.35. The van der Waals surface area contributed by atoms with Gasteiger partial charge in [0.05, 0.1) is 0 Å². The van der Waals surface area contributed by atoms with E-state index in [0.29, 0.717) is 9.80 Å². The predicted molar refractivity (Wildman–Crippen MR) is 139 cm³/mol. The number of hydrogen-bond donors (Lipinski definition) is 1. The van der Waals surface area contributed by atoms with Crippen molar-refractivity contribution >= 4 is 69.4 Å². The lowest BCUT2D eigenvalue weighted by molar-refractivity contribution is -0.237. The van der Waals surface area contributed by atoms with Gasteiger partial charge in [-0.2, -0.15) is 0 Å². The molecule has 1 aliphatic heterocycles. The molecule has 1 fully saturated rings. The first-order valence-electron chi connectivity index (χ1n) is 12.0. The van der Waals surface area contributed by atoms with E-state index in [2.05, 4.69) is 4.98 Å². The van der Waals surface area contributed by atoms with Gasteiger partial charge in [-0.15, -0.1) is 11.3 Å². The lowest BCUT2D eigenvalue weighted by Gasteiger charge is -2.43. The van der Waals surface area contributed by atoms with Gasteiger partial charge in [0, 0.05) is 38.0 Å². The maximum Gasteiger partial charge on any atom is 0.303 e. The molecule has 2 aromatic heterocycles. The molecule has 11 nitrogen and oxygen atoms in total. The fourth-order valence-electron chi connectivity index (χ4n) is 4.59. The average Bonchev–Trinajstić information content (AvgIpc) is 3.19. The van der Waals surface area contributed by atoms with E-state index < -0.39 is 53.7 Å². The second kappa shape index (κ2) is 12.1. The van der Waals surface area contributed by atoms with Gasteiger partial charge in [-0.3, -0.25) is 19.2 Å². The van der Waals surface area contributed by atoms with Crippen LogP contribution in [-0.4, -0.2) is 70.3 Å². The van der Waals surface area contributed by atoms with Gasteiger partial charge in [0.15, 0.2) is 28.9 Å². The number of hydrogen-bond acceptors (Lipinski definition) is 13. The Balaban J connectivity index is 1.72. The minimum atomic E-state index is -1.24. The molecule has 1 saturated heterocycles. The fraction of sp³-hybridized carbons (Fsp3) is 0.583. The lowest BCUT2D eigenvalue weighted by Crippen LogP contribution is -2.61. The molecule has 206 valence electrons. The molecule has 0 unspecified atom stereocenters. The van der Waals surface area contributed by atoms with Crippen molar-refractivity contribution in [3.05, 3.63) is 15.1 Å². The number of carbonyl (C=O) groups is 4. The summed E-state index contributed by atoms with van der Waals surface area (Å²) in [5.41, 5.74) is 0.259. The molecule has 0 radical (unpaired) electrons. The number of nitrogens with one attached hydrogen (secondary N) is 1. The number of nitrogens with zero attached hydrogens (tertiary/aromatic N) is 1. The Morgan fingerprint density at radius 1 is 0.974 bits per heavy atom. The molecule has 4 rings (SSSR count). The van der Waals surface area contributed by atoms with Crippen molar-refractivity contribution in [2.75, 3.05) is 6.61 Å². The first-order chi connectivity index (χ1) is 18.0. The Morgan fingerprint density at radius 3 is 2.26 bits per heavy atom. The summed E-state index contributed by atoms with van der Waals surface area (Å²) >= 11 is 8.36. The van der Waals surface area contributed by atoms with E-state index in [1.807, 2.05) is 0 Å². The Labute approximate surface area is 231 Å². The number of aromatic nitrogens is 2. The van der Waals surface area contributed by atoms with Crippen LogP contribution in [0.25, 0.3) is 10.2 Å². The molecule has 0 bridgehead atoms. The summed E-state index contributed by atoms with van der Waals surface area (Å²) < 4.78 is 28.3. The number of esters is 4. The van der Waals surface area contributed by atoms with Crippen LogP contribution in [-0.2, 0) is 55.7 Å². The Kier molecular flexibility index (Phi) is 9.06. The van der Waals surface area contributed by atoms with E-state index in [0.717, 1.165) is 47.7 Å². The summed E-state index contributed by atoms with van der Waals surface area (Å²) in [7, 11) is 0. The minimum absolute atomic E-state index is 0.297. The van der Waals surface area contributed by atoms with Crippen LogP contribution in [0.2, 0.25) is 0 Å². The number of H-pyrrole nitrogens is 1. The largest absolute Gasteiger partial charge is 0.463 e. The van der Waals surface area contributed by atoms with Crippen LogP contribution >= 0.6 is 35.3 Å². The van der Waals surface area contributed by atoms with Crippen molar-refractivity contribution < 1.29 is 42.9 Å². The van der Waals surface area contributed by atoms with Crippen LogP contribution < -0.4 is 0 Å². The second-order valence-electron chi connectivity index (χ2n) is 8.95. The van der Waals surface area contributed by atoms with Crippen LogP contribution in [0.5, 0.6) is 0 Å². The zero-order chi connectivity index (χ0) is 27.6. The highest BCUT2D eigenvalue weighted by Crippen LogP contribution is 2.40. The lowest BCUT2D eigenvalue weighted by atomic mass is 9.97. The normalized spacial score (nSPS) is 24.8. The van der Waals surface area contributed by atoms with E-state index in [1.165, 1.54) is 38.1 Å². The van der Waals surface area contributed by atoms with Gasteiger partial charge in [0.2, 0.25) is 0 Å². The predicted octanol–water partition coefficient (Wildman–Crippen LogP) is 3.41. The third-order valence-electron chi connectivity index (χ3n) is 5.98. The second-order valence-corrected chi connectivity index (χ2v) is 11.5. The van der Waals surface area contributed by atoms with Gasteiger partial charge in [-0.1, -0.05) is 24.0 Å². The number of thiophene rings is 1. The third-order valence-corrected chi connectivity index (χ3v) is 8.50. The van der Waals surface area contributed by atoms with E-state index in [-0.39, 0.29) is 6.61 Å². The monoisotopic (exact) mass is 584 g/mol. The molecule has 2 aliphatic rings. The summed E-state index contributed by atoms with van der Waals surface area (Å²) in [4.78, 5) is 57.5. The molecule has 0 saturated carbocycles. The van der Waals surface area contributed by atoms with Gasteiger partial charge in [-0.05, 0) is 31.2 Å². The topological polar surface area (TPSA) is 143 Å². The summed E-state index contributed by atoms with van der Waals surface area (Å²) in [6.07, 6.45) is -0.485. The number of aromatic amines is 1. The summed E-state index contributed by atoms with van der Waals surface area (Å²) in [6.45, 7) is 4.48. The molecular weight excluding hydrogens is 556 g/mol. The molecule has 1 aliphatic carbocycles. The molecule has 14 heteroatoms. The maximum atomic E-state index is 12.1. The quantitative estimate of drug-likeness (QED) is 0.220. The van der Waals surface area contributed by atoms with Crippen molar-refractivity contribution in [1.82, 2.24) is 9.97 Å². The first-order valence-corrected chi connectivity index (χ1v) is 14.2. The SMILES string of the molecule is CC(=O)OC[C@H]1O[C@@H](Sc2nc3sc4c(c3c(=S)[nH]2)CCCC4)[C@H](OC(C)=O)[C@@H](OC(C)=O)[C@@H]1OC(C)=O. The molecule has 1 N–H and O–H groups in total. The van der Waals surface area contributed by atoms with E-state index in [9.17, 15) is 19.2 Å².